The zero-order chi connectivity index (χ0) is 12.3. The van der Waals surface area contributed by atoms with Crippen molar-refractivity contribution >= 4 is 5.71 Å². The van der Waals surface area contributed by atoms with E-state index in [2.05, 4.69) is 63.3 Å². The predicted octanol–water partition coefficient (Wildman–Crippen LogP) is 4.24. The maximum atomic E-state index is 4.89. The standard InChI is InChI=1S/C16H21N/c1-13(2)9-11-16(3)12-10-15(17-16)14-7-5-4-6-8-14/h4-9,11,13H,10,12H2,1-3H3/b11-9+. The Labute approximate surface area is 104 Å². The topological polar surface area (TPSA) is 12.4 Å². The fourth-order valence-corrected chi connectivity index (χ4v) is 2.15. The van der Waals surface area contributed by atoms with Crippen molar-refractivity contribution in [1.82, 2.24) is 0 Å². The van der Waals surface area contributed by atoms with Gasteiger partial charge in [0.2, 0.25) is 0 Å². The summed E-state index contributed by atoms with van der Waals surface area (Å²) in [5.41, 5.74) is 2.53. The fourth-order valence-electron chi connectivity index (χ4n) is 2.15. The van der Waals surface area contributed by atoms with E-state index < -0.39 is 0 Å². The Morgan fingerprint density at radius 1 is 1.24 bits per heavy atom. The number of hydrogen-bond acceptors (Lipinski definition) is 1. The SMILES string of the molecule is CC(C)/C=C/C1(C)CCC(c2ccccc2)=N1. The fraction of sp³-hybridized carbons (Fsp3) is 0.438. The molecule has 90 valence electrons. The van der Waals surface area contributed by atoms with Crippen LogP contribution in [0.4, 0.5) is 0 Å². The van der Waals surface area contributed by atoms with Crippen LogP contribution < -0.4 is 0 Å². The van der Waals surface area contributed by atoms with Crippen molar-refractivity contribution in [2.45, 2.75) is 39.2 Å². The third-order valence-electron chi connectivity index (χ3n) is 3.21. The Morgan fingerprint density at radius 3 is 2.59 bits per heavy atom. The minimum absolute atomic E-state index is 0.00937. The van der Waals surface area contributed by atoms with Crippen LogP contribution >= 0.6 is 0 Å². The Bertz CT molecular complexity index is 428. The predicted molar refractivity (Wildman–Crippen MR) is 74.6 cm³/mol. The van der Waals surface area contributed by atoms with Gasteiger partial charge in [0.15, 0.2) is 0 Å². The van der Waals surface area contributed by atoms with Crippen molar-refractivity contribution in [3.63, 3.8) is 0 Å². The van der Waals surface area contributed by atoms with Gasteiger partial charge in [0, 0.05) is 5.71 Å². The van der Waals surface area contributed by atoms with Crippen molar-refractivity contribution in [3.8, 4) is 0 Å². The molecule has 17 heavy (non-hydrogen) atoms. The first-order valence-electron chi connectivity index (χ1n) is 6.43. The zero-order valence-electron chi connectivity index (χ0n) is 11.0. The molecular formula is C16H21N. The highest BCUT2D eigenvalue weighted by atomic mass is 14.9. The molecule has 1 unspecified atom stereocenters. The summed E-state index contributed by atoms with van der Waals surface area (Å²) < 4.78 is 0. The molecule has 0 saturated heterocycles. The second-order valence-corrected chi connectivity index (χ2v) is 5.38. The lowest BCUT2D eigenvalue weighted by Crippen LogP contribution is -2.14. The van der Waals surface area contributed by atoms with Gasteiger partial charge in [-0.05, 0) is 31.2 Å². The molecule has 1 heterocycles. The molecule has 0 N–H and O–H groups in total. The molecule has 0 radical (unpaired) electrons. The second kappa shape index (κ2) is 4.87. The van der Waals surface area contributed by atoms with Crippen molar-refractivity contribution in [2.75, 3.05) is 0 Å². The van der Waals surface area contributed by atoms with E-state index in [1.807, 2.05) is 0 Å². The van der Waals surface area contributed by atoms with E-state index >= 15 is 0 Å². The summed E-state index contributed by atoms with van der Waals surface area (Å²) in [7, 11) is 0. The summed E-state index contributed by atoms with van der Waals surface area (Å²) in [6.07, 6.45) is 6.74. The third-order valence-corrected chi connectivity index (χ3v) is 3.21. The number of aliphatic imine (C=N–C) groups is 1. The van der Waals surface area contributed by atoms with Crippen LogP contribution in [0.3, 0.4) is 0 Å². The molecule has 1 atom stereocenters. The lowest BCUT2D eigenvalue weighted by atomic mass is 9.97. The highest BCUT2D eigenvalue weighted by molar-refractivity contribution is 6.02. The molecule has 1 aromatic rings. The molecule has 1 heteroatoms. The summed E-state index contributed by atoms with van der Waals surface area (Å²) in [5, 5.41) is 0. The van der Waals surface area contributed by atoms with E-state index in [4.69, 9.17) is 4.99 Å². The molecule has 0 amide bonds. The average Bonchev–Trinajstić information content (AvgIpc) is 2.72. The number of rotatable bonds is 3. The first kappa shape index (κ1) is 12.1. The third kappa shape index (κ3) is 3.06. The summed E-state index contributed by atoms with van der Waals surface area (Å²) in [4.78, 5) is 4.89. The van der Waals surface area contributed by atoms with Crippen LogP contribution in [0.25, 0.3) is 0 Å². The molecule has 1 aromatic carbocycles. The van der Waals surface area contributed by atoms with E-state index in [0.29, 0.717) is 5.92 Å². The Kier molecular flexibility index (Phi) is 3.46. The highest BCUT2D eigenvalue weighted by Gasteiger charge is 2.27. The van der Waals surface area contributed by atoms with Gasteiger partial charge in [-0.1, -0.05) is 56.3 Å². The molecule has 0 aliphatic carbocycles. The van der Waals surface area contributed by atoms with Gasteiger partial charge < -0.3 is 0 Å². The van der Waals surface area contributed by atoms with E-state index in [1.165, 1.54) is 11.3 Å². The number of benzene rings is 1. The Hall–Kier alpha value is -1.37. The average molecular weight is 227 g/mol. The monoisotopic (exact) mass is 227 g/mol. The maximum absolute atomic E-state index is 4.89. The zero-order valence-corrected chi connectivity index (χ0v) is 11.0. The molecule has 0 aromatic heterocycles. The largest absolute Gasteiger partial charge is 0.279 e. The van der Waals surface area contributed by atoms with E-state index in [0.717, 1.165) is 12.8 Å². The minimum Gasteiger partial charge on any atom is -0.279 e. The lowest BCUT2D eigenvalue weighted by Gasteiger charge is -2.15. The molecule has 1 nitrogen and oxygen atoms in total. The van der Waals surface area contributed by atoms with Gasteiger partial charge in [-0.15, -0.1) is 0 Å². The van der Waals surface area contributed by atoms with Gasteiger partial charge in [-0.3, -0.25) is 4.99 Å². The van der Waals surface area contributed by atoms with Gasteiger partial charge in [0.05, 0.1) is 5.54 Å². The summed E-state index contributed by atoms with van der Waals surface area (Å²) in [6.45, 7) is 6.63. The van der Waals surface area contributed by atoms with Crippen LogP contribution in [0.2, 0.25) is 0 Å². The minimum atomic E-state index is 0.00937. The first-order chi connectivity index (χ1) is 8.09. The molecule has 0 bridgehead atoms. The van der Waals surface area contributed by atoms with Gasteiger partial charge in [0.1, 0.15) is 0 Å². The van der Waals surface area contributed by atoms with Gasteiger partial charge in [-0.25, -0.2) is 0 Å². The first-order valence-corrected chi connectivity index (χ1v) is 6.43. The summed E-state index contributed by atoms with van der Waals surface area (Å²) in [5.74, 6) is 0.600. The molecule has 0 fully saturated rings. The molecule has 1 aliphatic rings. The van der Waals surface area contributed by atoms with Crippen LogP contribution in [0.15, 0.2) is 47.5 Å². The second-order valence-electron chi connectivity index (χ2n) is 5.38. The number of allylic oxidation sites excluding steroid dienone is 1. The van der Waals surface area contributed by atoms with E-state index in [-0.39, 0.29) is 5.54 Å². The highest BCUT2D eigenvalue weighted by Crippen LogP contribution is 2.29. The number of hydrogen-bond donors (Lipinski definition) is 0. The smallest absolute Gasteiger partial charge is 0.0766 e. The normalized spacial score (nSPS) is 24.6. The van der Waals surface area contributed by atoms with Crippen LogP contribution in [0, 0.1) is 5.92 Å². The lowest BCUT2D eigenvalue weighted by molar-refractivity contribution is 0.580. The van der Waals surface area contributed by atoms with Crippen LogP contribution in [-0.2, 0) is 0 Å². The van der Waals surface area contributed by atoms with Crippen molar-refractivity contribution in [3.05, 3.63) is 48.0 Å². The maximum Gasteiger partial charge on any atom is 0.0766 e. The van der Waals surface area contributed by atoms with Gasteiger partial charge in [0.25, 0.3) is 0 Å². The molecule has 0 saturated carbocycles. The van der Waals surface area contributed by atoms with Crippen LogP contribution in [0.5, 0.6) is 0 Å². The van der Waals surface area contributed by atoms with E-state index in [9.17, 15) is 0 Å². The summed E-state index contributed by atoms with van der Waals surface area (Å²) >= 11 is 0. The number of nitrogens with zero attached hydrogens (tertiary/aromatic N) is 1. The molecule has 1 aliphatic heterocycles. The summed E-state index contributed by atoms with van der Waals surface area (Å²) in [6, 6.07) is 10.5. The quantitative estimate of drug-likeness (QED) is 0.685. The van der Waals surface area contributed by atoms with Gasteiger partial charge in [-0.2, -0.15) is 0 Å². The van der Waals surface area contributed by atoms with E-state index in [1.54, 1.807) is 0 Å². The van der Waals surface area contributed by atoms with Gasteiger partial charge >= 0.3 is 0 Å². The van der Waals surface area contributed by atoms with Crippen molar-refractivity contribution < 1.29 is 0 Å². The van der Waals surface area contributed by atoms with Crippen molar-refractivity contribution in [1.29, 1.82) is 0 Å². The molecule has 0 spiro atoms. The van der Waals surface area contributed by atoms with Crippen molar-refractivity contribution in [2.24, 2.45) is 10.9 Å². The molecule has 2 rings (SSSR count). The Balaban J connectivity index is 2.19. The molecular weight excluding hydrogens is 206 g/mol. The Morgan fingerprint density at radius 2 is 1.94 bits per heavy atom. The van der Waals surface area contributed by atoms with Crippen LogP contribution in [-0.4, -0.2) is 11.3 Å². The van der Waals surface area contributed by atoms with Crippen LogP contribution in [0.1, 0.15) is 39.2 Å².